The van der Waals surface area contributed by atoms with Crippen molar-refractivity contribution in [1.29, 1.82) is 0 Å². The Morgan fingerprint density at radius 3 is 2.77 bits per heavy atom. The van der Waals surface area contributed by atoms with Gasteiger partial charge in [-0.25, -0.2) is 0 Å². The molecular formula is C14H17ClF3NO3. The number of carboxylic acid groups (broad SMARTS) is 1. The standard InChI is InChI=1S/C14H16F3NO3.ClH/c15-14(16,17)9-21-11-4-1-3-10(7-11)8-18-6-2-5-12(18)13(19)20;/h1,3-4,7,12H,2,5-6,8-9H2,(H,19,20);1H/t12-;/m1./s1. The summed E-state index contributed by atoms with van der Waals surface area (Å²) in [5.74, 6) is -0.729. The zero-order chi connectivity index (χ0) is 15.5. The molecule has 1 aliphatic heterocycles. The molecule has 8 heteroatoms. The van der Waals surface area contributed by atoms with Gasteiger partial charge >= 0.3 is 12.1 Å². The highest BCUT2D eigenvalue weighted by Crippen LogP contribution is 2.23. The van der Waals surface area contributed by atoms with Gasteiger partial charge in [-0.1, -0.05) is 12.1 Å². The first-order valence-corrected chi connectivity index (χ1v) is 6.60. The molecule has 1 aromatic carbocycles. The van der Waals surface area contributed by atoms with Gasteiger partial charge in [0.25, 0.3) is 0 Å². The molecule has 4 nitrogen and oxygen atoms in total. The summed E-state index contributed by atoms with van der Waals surface area (Å²) < 4.78 is 41.0. The second-order valence-electron chi connectivity index (χ2n) is 5.02. The first-order valence-electron chi connectivity index (χ1n) is 6.60. The molecule has 1 N–H and O–H groups in total. The molecular weight excluding hydrogens is 323 g/mol. The highest BCUT2D eigenvalue weighted by molar-refractivity contribution is 5.85. The van der Waals surface area contributed by atoms with Crippen LogP contribution in [0, 0.1) is 0 Å². The number of halogens is 4. The Hall–Kier alpha value is -1.47. The monoisotopic (exact) mass is 339 g/mol. The lowest BCUT2D eigenvalue weighted by Gasteiger charge is -2.21. The molecule has 0 aliphatic carbocycles. The van der Waals surface area contributed by atoms with E-state index in [1.165, 1.54) is 12.1 Å². The van der Waals surface area contributed by atoms with Crippen molar-refractivity contribution >= 4 is 18.4 Å². The largest absolute Gasteiger partial charge is 0.484 e. The number of hydrogen-bond acceptors (Lipinski definition) is 3. The van der Waals surface area contributed by atoms with Crippen LogP contribution < -0.4 is 4.74 Å². The maximum Gasteiger partial charge on any atom is 0.422 e. The van der Waals surface area contributed by atoms with Crippen molar-refractivity contribution in [2.75, 3.05) is 13.2 Å². The number of carboxylic acids is 1. The molecule has 1 fully saturated rings. The number of ether oxygens (including phenoxy) is 1. The molecule has 2 rings (SSSR count). The van der Waals surface area contributed by atoms with Crippen LogP contribution in [0.25, 0.3) is 0 Å². The fraction of sp³-hybridized carbons (Fsp3) is 0.500. The highest BCUT2D eigenvalue weighted by atomic mass is 35.5. The van der Waals surface area contributed by atoms with Gasteiger partial charge in [0.1, 0.15) is 11.8 Å². The summed E-state index contributed by atoms with van der Waals surface area (Å²) in [6.45, 7) is -0.275. The third kappa shape index (κ3) is 5.38. The third-order valence-electron chi connectivity index (χ3n) is 3.34. The molecule has 1 aromatic rings. The second kappa shape index (κ2) is 7.69. The first kappa shape index (κ1) is 18.6. The van der Waals surface area contributed by atoms with Gasteiger partial charge < -0.3 is 9.84 Å². The summed E-state index contributed by atoms with van der Waals surface area (Å²) in [5, 5.41) is 9.10. The number of rotatable bonds is 5. The van der Waals surface area contributed by atoms with Crippen LogP contribution in [0.5, 0.6) is 5.75 Å². The molecule has 0 radical (unpaired) electrons. The fourth-order valence-corrected chi connectivity index (χ4v) is 2.43. The van der Waals surface area contributed by atoms with Gasteiger partial charge in [0.05, 0.1) is 0 Å². The van der Waals surface area contributed by atoms with Crippen molar-refractivity contribution in [1.82, 2.24) is 4.90 Å². The minimum atomic E-state index is -4.38. The van der Waals surface area contributed by atoms with E-state index in [-0.39, 0.29) is 18.2 Å². The van der Waals surface area contributed by atoms with Crippen LogP contribution in [0.3, 0.4) is 0 Å². The van der Waals surface area contributed by atoms with Gasteiger partial charge in [-0.3, -0.25) is 9.69 Å². The van der Waals surface area contributed by atoms with Crippen molar-refractivity contribution in [3.8, 4) is 5.75 Å². The van der Waals surface area contributed by atoms with E-state index in [0.29, 0.717) is 19.5 Å². The molecule has 124 valence electrons. The van der Waals surface area contributed by atoms with Gasteiger partial charge in [-0.15, -0.1) is 12.4 Å². The van der Waals surface area contributed by atoms with Crippen molar-refractivity contribution in [2.45, 2.75) is 31.6 Å². The zero-order valence-corrected chi connectivity index (χ0v) is 12.5. The predicted molar refractivity (Wildman–Crippen MR) is 76.3 cm³/mol. The van der Waals surface area contributed by atoms with Gasteiger partial charge in [0.15, 0.2) is 6.61 Å². The normalized spacial score (nSPS) is 18.8. The van der Waals surface area contributed by atoms with Crippen LogP contribution in [0.15, 0.2) is 24.3 Å². The van der Waals surface area contributed by atoms with E-state index in [9.17, 15) is 18.0 Å². The van der Waals surface area contributed by atoms with Crippen LogP contribution >= 0.6 is 12.4 Å². The lowest BCUT2D eigenvalue weighted by molar-refractivity contribution is -0.153. The summed E-state index contributed by atoms with van der Waals surface area (Å²) in [7, 11) is 0. The van der Waals surface area contributed by atoms with E-state index in [0.717, 1.165) is 12.0 Å². The fourth-order valence-electron chi connectivity index (χ4n) is 2.43. The summed E-state index contributed by atoms with van der Waals surface area (Å²) in [4.78, 5) is 12.9. The summed E-state index contributed by atoms with van der Waals surface area (Å²) >= 11 is 0. The summed E-state index contributed by atoms with van der Waals surface area (Å²) in [6, 6.07) is 5.80. The number of alkyl halides is 3. The number of nitrogens with zero attached hydrogens (tertiary/aromatic N) is 1. The van der Waals surface area contributed by atoms with Crippen molar-refractivity contribution in [2.24, 2.45) is 0 Å². The zero-order valence-electron chi connectivity index (χ0n) is 11.7. The molecule has 0 saturated carbocycles. The van der Waals surface area contributed by atoms with Crippen molar-refractivity contribution in [3.05, 3.63) is 29.8 Å². The Kier molecular flexibility index (Phi) is 6.49. The third-order valence-corrected chi connectivity index (χ3v) is 3.34. The number of aliphatic carboxylic acids is 1. The van der Waals surface area contributed by atoms with Crippen LogP contribution in [0.2, 0.25) is 0 Å². The lowest BCUT2D eigenvalue weighted by Crippen LogP contribution is -2.35. The number of benzene rings is 1. The molecule has 1 saturated heterocycles. The Bertz CT molecular complexity index is 510. The van der Waals surface area contributed by atoms with E-state index in [2.05, 4.69) is 0 Å². The molecule has 0 unspecified atom stereocenters. The predicted octanol–water partition coefficient (Wildman–Crippen LogP) is 3.10. The molecule has 22 heavy (non-hydrogen) atoms. The summed E-state index contributed by atoms with van der Waals surface area (Å²) in [5.41, 5.74) is 0.739. The Balaban J connectivity index is 0.00000242. The van der Waals surface area contributed by atoms with Gasteiger partial charge in [0.2, 0.25) is 0 Å². The Morgan fingerprint density at radius 1 is 1.41 bits per heavy atom. The topological polar surface area (TPSA) is 49.8 Å². The van der Waals surface area contributed by atoms with E-state index in [1.807, 2.05) is 4.90 Å². The van der Waals surface area contributed by atoms with Crippen LogP contribution in [-0.4, -0.2) is 41.3 Å². The minimum Gasteiger partial charge on any atom is -0.484 e. The van der Waals surface area contributed by atoms with E-state index in [1.54, 1.807) is 12.1 Å². The maximum absolute atomic E-state index is 12.1. The average Bonchev–Trinajstić information content (AvgIpc) is 2.84. The maximum atomic E-state index is 12.1. The van der Waals surface area contributed by atoms with E-state index in [4.69, 9.17) is 9.84 Å². The molecule has 1 heterocycles. The van der Waals surface area contributed by atoms with Crippen molar-refractivity contribution < 1.29 is 27.8 Å². The Morgan fingerprint density at radius 2 is 2.14 bits per heavy atom. The average molecular weight is 340 g/mol. The quantitative estimate of drug-likeness (QED) is 0.895. The van der Waals surface area contributed by atoms with Crippen LogP contribution in [0.4, 0.5) is 13.2 Å². The first-order chi connectivity index (χ1) is 9.85. The number of carbonyl (C=O) groups is 1. The molecule has 0 bridgehead atoms. The smallest absolute Gasteiger partial charge is 0.422 e. The number of hydrogen-bond donors (Lipinski definition) is 1. The van der Waals surface area contributed by atoms with Crippen molar-refractivity contribution in [3.63, 3.8) is 0 Å². The molecule has 1 atom stereocenters. The lowest BCUT2D eigenvalue weighted by atomic mass is 10.1. The Labute approximate surface area is 132 Å². The van der Waals surface area contributed by atoms with Crippen LogP contribution in [-0.2, 0) is 11.3 Å². The van der Waals surface area contributed by atoms with Crippen LogP contribution in [0.1, 0.15) is 18.4 Å². The van der Waals surface area contributed by atoms with Gasteiger partial charge in [-0.05, 0) is 37.1 Å². The molecule has 0 aromatic heterocycles. The van der Waals surface area contributed by atoms with E-state index < -0.39 is 24.8 Å². The van der Waals surface area contributed by atoms with Gasteiger partial charge in [-0.2, -0.15) is 13.2 Å². The second-order valence-corrected chi connectivity index (χ2v) is 5.02. The minimum absolute atomic E-state index is 0. The molecule has 0 amide bonds. The summed E-state index contributed by atoms with van der Waals surface area (Å²) in [6.07, 6.45) is -2.97. The van der Waals surface area contributed by atoms with E-state index >= 15 is 0 Å². The number of likely N-dealkylation sites (tertiary alicyclic amines) is 1. The molecule has 1 aliphatic rings. The SMILES string of the molecule is Cl.O=C(O)[C@H]1CCCN1Cc1cccc(OCC(F)(F)F)c1. The highest BCUT2D eigenvalue weighted by Gasteiger charge is 2.30. The molecule has 0 spiro atoms. The van der Waals surface area contributed by atoms with Gasteiger partial charge in [0, 0.05) is 6.54 Å².